The first-order valence-corrected chi connectivity index (χ1v) is 9.91. The molecule has 1 amide bonds. The Morgan fingerprint density at radius 3 is 2.32 bits per heavy atom. The van der Waals surface area contributed by atoms with Crippen molar-refractivity contribution in [1.29, 1.82) is 0 Å². The molecule has 4 aliphatic rings. The van der Waals surface area contributed by atoms with Crippen LogP contribution in [0.3, 0.4) is 0 Å². The van der Waals surface area contributed by atoms with Crippen LogP contribution in [-0.4, -0.2) is 23.2 Å². The molecule has 5 rings (SSSR count). The molecule has 4 saturated carbocycles. The van der Waals surface area contributed by atoms with Crippen molar-refractivity contribution in [2.75, 3.05) is 5.32 Å². The van der Waals surface area contributed by atoms with Gasteiger partial charge in [0.05, 0.1) is 5.56 Å². The van der Waals surface area contributed by atoms with Crippen LogP contribution < -0.4 is 10.6 Å². The molecular weight excluding hydrogens is 372 g/mol. The molecule has 4 bridgehead atoms. The third kappa shape index (κ3) is 3.60. The molecular formula is C21H26F4N2O. The second-order valence-electron chi connectivity index (χ2n) is 9.45. The van der Waals surface area contributed by atoms with Crippen LogP contribution in [0.2, 0.25) is 0 Å². The monoisotopic (exact) mass is 398 g/mol. The van der Waals surface area contributed by atoms with Crippen LogP contribution in [0.25, 0.3) is 0 Å². The summed E-state index contributed by atoms with van der Waals surface area (Å²) in [7, 11) is 0. The highest BCUT2D eigenvalue weighted by Crippen LogP contribution is 2.57. The fourth-order valence-corrected chi connectivity index (χ4v) is 5.68. The lowest BCUT2D eigenvalue weighted by Gasteiger charge is -2.57. The van der Waals surface area contributed by atoms with Gasteiger partial charge in [0.1, 0.15) is 11.2 Å². The quantitative estimate of drug-likeness (QED) is 0.706. The van der Waals surface area contributed by atoms with Crippen molar-refractivity contribution >= 4 is 11.6 Å². The van der Waals surface area contributed by atoms with E-state index in [1.807, 2.05) is 0 Å². The average molecular weight is 398 g/mol. The predicted octanol–water partition coefficient (Wildman–Crippen LogP) is 4.93. The molecule has 7 heteroatoms. The lowest BCUT2D eigenvalue weighted by molar-refractivity contribution is -0.137. The summed E-state index contributed by atoms with van der Waals surface area (Å²) in [5.74, 6) is 0.469. The van der Waals surface area contributed by atoms with Gasteiger partial charge in [0.15, 0.2) is 0 Å². The molecule has 3 unspecified atom stereocenters. The fourth-order valence-electron chi connectivity index (χ4n) is 5.68. The lowest BCUT2D eigenvalue weighted by atomic mass is 9.53. The minimum absolute atomic E-state index is 0.0458. The number of benzene rings is 1. The van der Waals surface area contributed by atoms with Crippen LogP contribution in [0.15, 0.2) is 24.3 Å². The average Bonchev–Trinajstić information content (AvgIpc) is 2.55. The van der Waals surface area contributed by atoms with Crippen molar-refractivity contribution < 1.29 is 22.4 Å². The summed E-state index contributed by atoms with van der Waals surface area (Å²) in [6.07, 6.45) is -0.863. The topological polar surface area (TPSA) is 41.1 Å². The van der Waals surface area contributed by atoms with E-state index in [9.17, 15) is 22.4 Å². The summed E-state index contributed by atoms with van der Waals surface area (Å²) in [4.78, 5) is 12.9. The van der Waals surface area contributed by atoms with E-state index < -0.39 is 22.9 Å². The van der Waals surface area contributed by atoms with Crippen LogP contribution in [0, 0.1) is 17.8 Å². The first-order valence-electron chi connectivity index (χ1n) is 9.91. The van der Waals surface area contributed by atoms with Crippen LogP contribution in [0.5, 0.6) is 0 Å². The second-order valence-corrected chi connectivity index (χ2v) is 9.45. The maximum atomic E-state index is 14.8. The fraction of sp³-hybridized carbons (Fsp3) is 0.667. The minimum atomic E-state index is -4.44. The Bertz CT molecular complexity index is 760. The maximum absolute atomic E-state index is 14.8. The highest BCUT2D eigenvalue weighted by molar-refractivity contribution is 5.88. The highest BCUT2D eigenvalue weighted by Gasteiger charge is 2.56. The van der Waals surface area contributed by atoms with E-state index in [1.165, 1.54) is 12.1 Å². The van der Waals surface area contributed by atoms with E-state index in [0.29, 0.717) is 25.2 Å². The molecule has 1 aromatic carbocycles. The van der Waals surface area contributed by atoms with E-state index in [1.54, 1.807) is 13.8 Å². The molecule has 154 valence electrons. The Morgan fingerprint density at radius 2 is 1.75 bits per heavy atom. The number of carbonyl (C=O) groups excluding carboxylic acids is 1. The van der Waals surface area contributed by atoms with Gasteiger partial charge in [-0.15, -0.1) is 0 Å². The number of halogens is 4. The zero-order chi connectivity index (χ0) is 20.3. The molecule has 3 nitrogen and oxygen atoms in total. The third-order valence-electron chi connectivity index (χ3n) is 6.71. The first-order chi connectivity index (χ1) is 13.0. The molecule has 0 spiro atoms. The summed E-state index contributed by atoms with van der Waals surface area (Å²) in [5.41, 5.74) is -2.68. The number of rotatable bonds is 4. The maximum Gasteiger partial charge on any atom is 0.416 e. The smallest absolute Gasteiger partial charge is 0.372 e. The van der Waals surface area contributed by atoms with Gasteiger partial charge in [0.2, 0.25) is 5.91 Å². The van der Waals surface area contributed by atoms with Crippen molar-refractivity contribution in [2.24, 2.45) is 17.8 Å². The molecule has 4 fully saturated rings. The zero-order valence-corrected chi connectivity index (χ0v) is 16.1. The van der Waals surface area contributed by atoms with Crippen LogP contribution in [0.4, 0.5) is 23.2 Å². The second kappa shape index (κ2) is 6.36. The van der Waals surface area contributed by atoms with Gasteiger partial charge in [-0.05, 0) is 81.9 Å². The number of alkyl halides is 4. The third-order valence-corrected chi connectivity index (χ3v) is 6.71. The summed E-state index contributed by atoms with van der Waals surface area (Å²) in [6, 6.07) is 4.79. The summed E-state index contributed by atoms with van der Waals surface area (Å²) < 4.78 is 53.6. The summed E-state index contributed by atoms with van der Waals surface area (Å²) in [6.45, 7) is 3.30. The molecule has 5 atom stereocenters. The molecule has 0 aliphatic heterocycles. The number of nitrogens with one attached hydrogen (secondary N) is 2. The van der Waals surface area contributed by atoms with Gasteiger partial charge in [0, 0.05) is 11.7 Å². The van der Waals surface area contributed by atoms with E-state index in [4.69, 9.17) is 0 Å². The van der Waals surface area contributed by atoms with Crippen LogP contribution >= 0.6 is 0 Å². The van der Waals surface area contributed by atoms with E-state index in [2.05, 4.69) is 10.6 Å². The Balaban J connectivity index is 1.45. The SMILES string of the molecule is CC(C)(Nc1cccc(C(F)(F)F)c1)C(=O)NC1[C@@H]2CC3C[C@H]1CC(F)(C3)C2. The van der Waals surface area contributed by atoms with Crippen molar-refractivity contribution in [3.8, 4) is 0 Å². The van der Waals surface area contributed by atoms with Crippen molar-refractivity contribution in [3.05, 3.63) is 29.8 Å². The molecule has 0 saturated heterocycles. The summed E-state index contributed by atoms with van der Waals surface area (Å²) >= 11 is 0. The van der Waals surface area contributed by atoms with Crippen molar-refractivity contribution in [2.45, 2.75) is 69.4 Å². The number of hydrogen-bond donors (Lipinski definition) is 2. The van der Waals surface area contributed by atoms with Crippen molar-refractivity contribution in [3.63, 3.8) is 0 Å². The molecule has 0 heterocycles. The molecule has 1 aromatic rings. The standard InChI is InChI=1S/C21H26F4N2O/c1-19(2,27-16-5-3-4-15(8-16)21(23,24)25)18(28)26-17-13-6-12-7-14(17)11-20(22,9-12)10-13/h3-5,8,12-14,17,27H,6-7,9-11H2,1-2H3,(H,26,28)/t12?,13-,14+,17?,20?. The molecule has 28 heavy (non-hydrogen) atoms. The van der Waals surface area contributed by atoms with Gasteiger partial charge in [-0.2, -0.15) is 13.2 Å². The van der Waals surface area contributed by atoms with Crippen LogP contribution in [-0.2, 0) is 11.0 Å². The van der Waals surface area contributed by atoms with Crippen LogP contribution in [0.1, 0.15) is 51.5 Å². The zero-order valence-electron chi connectivity index (χ0n) is 16.1. The van der Waals surface area contributed by atoms with E-state index in [-0.39, 0.29) is 29.5 Å². The number of hydrogen-bond acceptors (Lipinski definition) is 2. The summed E-state index contributed by atoms with van der Waals surface area (Å²) in [5, 5.41) is 6.02. The molecule has 4 aliphatic carbocycles. The van der Waals surface area contributed by atoms with E-state index in [0.717, 1.165) is 25.0 Å². The normalized spacial score (nSPS) is 34.4. The minimum Gasteiger partial charge on any atom is -0.372 e. The first kappa shape index (κ1) is 19.5. The Morgan fingerprint density at radius 1 is 1.11 bits per heavy atom. The largest absolute Gasteiger partial charge is 0.416 e. The van der Waals surface area contributed by atoms with E-state index >= 15 is 0 Å². The van der Waals surface area contributed by atoms with Gasteiger partial charge in [-0.3, -0.25) is 4.79 Å². The molecule has 0 aromatic heterocycles. The lowest BCUT2D eigenvalue weighted by Crippen LogP contribution is -2.63. The van der Waals surface area contributed by atoms with Gasteiger partial charge in [0.25, 0.3) is 0 Å². The van der Waals surface area contributed by atoms with Gasteiger partial charge < -0.3 is 10.6 Å². The number of carbonyl (C=O) groups is 1. The predicted molar refractivity (Wildman–Crippen MR) is 98.5 cm³/mol. The Labute approximate surface area is 162 Å². The number of amides is 1. The van der Waals surface area contributed by atoms with Gasteiger partial charge >= 0.3 is 6.18 Å². The molecule has 0 radical (unpaired) electrons. The van der Waals surface area contributed by atoms with Gasteiger partial charge in [-0.1, -0.05) is 6.07 Å². The number of anilines is 1. The Kier molecular flexibility index (Phi) is 4.43. The highest BCUT2D eigenvalue weighted by atomic mass is 19.4. The van der Waals surface area contributed by atoms with Crippen molar-refractivity contribution in [1.82, 2.24) is 5.32 Å². The van der Waals surface area contributed by atoms with Gasteiger partial charge in [-0.25, -0.2) is 4.39 Å². The molecule has 2 N–H and O–H groups in total. The Hall–Kier alpha value is -1.79.